The number of hydrogen-bond acceptors (Lipinski definition) is 5. The van der Waals surface area contributed by atoms with Crippen LogP contribution in [-0.2, 0) is 0 Å². The van der Waals surface area contributed by atoms with Crippen LogP contribution in [0.5, 0.6) is 5.75 Å². The van der Waals surface area contributed by atoms with Crippen LogP contribution in [-0.4, -0.2) is 60.4 Å². The summed E-state index contributed by atoms with van der Waals surface area (Å²) in [7, 11) is 0. The predicted molar refractivity (Wildman–Crippen MR) is 111 cm³/mol. The van der Waals surface area contributed by atoms with Crippen LogP contribution in [0.4, 0.5) is 14.5 Å². The van der Waals surface area contributed by atoms with Gasteiger partial charge in [0.05, 0.1) is 5.69 Å². The number of aromatic nitrogens is 1. The topological polar surface area (TPSA) is 68.8 Å². The van der Waals surface area contributed by atoms with Gasteiger partial charge in [0.1, 0.15) is 30.1 Å². The Labute approximate surface area is 172 Å². The molecule has 3 aromatic rings. The van der Waals surface area contributed by atoms with E-state index in [9.17, 15) is 18.7 Å². The molecule has 0 amide bonds. The minimum absolute atomic E-state index is 0.141. The molecule has 158 valence electrons. The van der Waals surface area contributed by atoms with Crippen molar-refractivity contribution < 1.29 is 18.6 Å². The Morgan fingerprint density at radius 1 is 1.03 bits per heavy atom. The van der Waals surface area contributed by atoms with Gasteiger partial charge in [0.2, 0.25) is 5.56 Å². The first-order valence-corrected chi connectivity index (χ1v) is 9.84. The van der Waals surface area contributed by atoms with Gasteiger partial charge in [-0.25, -0.2) is 8.78 Å². The Kier molecular flexibility index (Phi) is 5.96. The van der Waals surface area contributed by atoms with Crippen LogP contribution in [0.2, 0.25) is 0 Å². The zero-order valence-corrected chi connectivity index (χ0v) is 16.4. The highest BCUT2D eigenvalue weighted by Crippen LogP contribution is 2.22. The van der Waals surface area contributed by atoms with Crippen molar-refractivity contribution in [3.63, 3.8) is 0 Å². The van der Waals surface area contributed by atoms with Crippen LogP contribution >= 0.6 is 0 Å². The van der Waals surface area contributed by atoms with Crippen molar-refractivity contribution in [2.24, 2.45) is 0 Å². The van der Waals surface area contributed by atoms with E-state index in [-0.39, 0.29) is 12.2 Å². The third kappa shape index (κ3) is 4.77. The van der Waals surface area contributed by atoms with Gasteiger partial charge < -0.3 is 19.7 Å². The molecule has 0 bridgehead atoms. The minimum atomic E-state index is -0.676. The Morgan fingerprint density at radius 3 is 2.60 bits per heavy atom. The number of ether oxygens (including phenoxy) is 1. The average molecular weight is 415 g/mol. The van der Waals surface area contributed by atoms with E-state index in [0.29, 0.717) is 44.2 Å². The molecule has 0 radical (unpaired) electrons. The van der Waals surface area contributed by atoms with Gasteiger partial charge in [-0.05, 0) is 36.4 Å². The molecule has 30 heavy (non-hydrogen) atoms. The van der Waals surface area contributed by atoms with Crippen molar-refractivity contribution in [2.45, 2.75) is 6.10 Å². The molecule has 6 nitrogen and oxygen atoms in total. The van der Waals surface area contributed by atoms with Crippen LogP contribution in [0.25, 0.3) is 10.9 Å². The molecule has 0 spiro atoms. The van der Waals surface area contributed by atoms with E-state index in [1.807, 2.05) is 11.0 Å². The number of anilines is 1. The fourth-order valence-electron chi connectivity index (χ4n) is 3.67. The van der Waals surface area contributed by atoms with Gasteiger partial charge in [0.25, 0.3) is 0 Å². The zero-order valence-electron chi connectivity index (χ0n) is 16.4. The lowest BCUT2D eigenvalue weighted by Gasteiger charge is -2.37. The number of aliphatic hydroxyl groups is 1. The van der Waals surface area contributed by atoms with Crippen molar-refractivity contribution in [3.05, 3.63) is 70.5 Å². The maximum Gasteiger partial charge on any atom is 0.248 e. The predicted octanol–water partition coefficient (Wildman–Crippen LogP) is 2.37. The number of nitrogens with zero attached hydrogens (tertiary/aromatic N) is 2. The molecule has 1 aliphatic rings. The number of hydrogen-bond donors (Lipinski definition) is 2. The van der Waals surface area contributed by atoms with E-state index in [0.717, 1.165) is 17.0 Å². The first-order valence-electron chi connectivity index (χ1n) is 9.84. The smallest absolute Gasteiger partial charge is 0.248 e. The van der Waals surface area contributed by atoms with Crippen LogP contribution in [0.1, 0.15) is 0 Å². The Hall–Kier alpha value is -2.97. The van der Waals surface area contributed by atoms with Gasteiger partial charge in [-0.3, -0.25) is 9.69 Å². The molecule has 1 aliphatic heterocycles. The molecule has 1 aromatic heterocycles. The summed E-state index contributed by atoms with van der Waals surface area (Å²) < 4.78 is 32.7. The highest BCUT2D eigenvalue weighted by molar-refractivity contribution is 5.79. The highest BCUT2D eigenvalue weighted by Gasteiger charge is 2.21. The SMILES string of the molecule is O=c1ccc2cc(OCC(O)CN3CCN(c4ccc(F)cc4F)CC3)ccc2[nH]1. The second-order valence-electron chi connectivity index (χ2n) is 7.42. The summed E-state index contributed by atoms with van der Waals surface area (Å²) in [6.07, 6.45) is -0.676. The van der Waals surface area contributed by atoms with Gasteiger partial charge in [-0.15, -0.1) is 0 Å². The van der Waals surface area contributed by atoms with E-state index in [1.54, 1.807) is 18.2 Å². The number of pyridine rings is 1. The molecule has 1 unspecified atom stereocenters. The fourth-order valence-corrected chi connectivity index (χ4v) is 3.67. The largest absolute Gasteiger partial charge is 0.491 e. The Balaban J connectivity index is 1.26. The third-order valence-corrected chi connectivity index (χ3v) is 5.23. The normalized spacial score (nSPS) is 16.0. The Morgan fingerprint density at radius 2 is 1.83 bits per heavy atom. The van der Waals surface area contributed by atoms with Crippen LogP contribution in [0.3, 0.4) is 0 Å². The van der Waals surface area contributed by atoms with Crippen molar-refractivity contribution >= 4 is 16.6 Å². The lowest BCUT2D eigenvalue weighted by Crippen LogP contribution is -2.49. The lowest BCUT2D eigenvalue weighted by molar-refractivity contribution is 0.0663. The molecular weight excluding hydrogens is 392 g/mol. The summed E-state index contributed by atoms with van der Waals surface area (Å²) >= 11 is 0. The van der Waals surface area contributed by atoms with Crippen molar-refractivity contribution in [1.29, 1.82) is 0 Å². The van der Waals surface area contributed by atoms with Gasteiger partial charge in [0.15, 0.2) is 0 Å². The monoisotopic (exact) mass is 415 g/mol. The molecule has 8 heteroatoms. The number of H-pyrrole nitrogens is 1. The molecule has 0 aliphatic carbocycles. The number of rotatable bonds is 6. The van der Waals surface area contributed by atoms with E-state index < -0.39 is 17.7 Å². The van der Waals surface area contributed by atoms with Crippen molar-refractivity contribution in [3.8, 4) is 5.75 Å². The van der Waals surface area contributed by atoms with Gasteiger partial charge >= 0.3 is 0 Å². The summed E-state index contributed by atoms with van der Waals surface area (Å²) in [6.45, 7) is 3.11. The molecule has 1 atom stereocenters. The van der Waals surface area contributed by atoms with E-state index in [2.05, 4.69) is 9.88 Å². The van der Waals surface area contributed by atoms with Crippen molar-refractivity contribution in [2.75, 3.05) is 44.2 Å². The van der Waals surface area contributed by atoms with Gasteiger partial charge in [0, 0.05) is 55.8 Å². The number of piperazine rings is 1. The number of aromatic amines is 1. The molecule has 2 N–H and O–H groups in total. The second kappa shape index (κ2) is 8.81. The first-order chi connectivity index (χ1) is 14.5. The van der Waals surface area contributed by atoms with Gasteiger partial charge in [-0.1, -0.05) is 0 Å². The summed E-state index contributed by atoms with van der Waals surface area (Å²) in [6, 6.07) is 12.1. The standard InChI is InChI=1S/C22H23F2N3O3/c23-16-2-5-21(19(24)12-16)27-9-7-26(8-10-27)13-17(28)14-30-18-3-4-20-15(11-18)1-6-22(29)25-20/h1-6,11-12,17,28H,7-10,13-14H2,(H,25,29). The molecule has 1 saturated heterocycles. The van der Waals surface area contributed by atoms with Gasteiger partial charge in [-0.2, -0.15) is 0 Å². The number of benzene rings is 2. The van der Waals surface area contributed by atoms with E-state index in [4.69, 9.17) is 4.74 Å². The summed E-state index contributed by atoms with van der Waals surface area (Å²) in [5.74, 6) is -0.528. The quantitative estimate of drug-likeness (QED) is 0.647. The molecule has 4 rings (SSSR count). The van der Waals surface area contributed by atoms with Crippen LogP contribution in [0, 0.1) is 11.6 Å². The van der Waals surface area contributed by atoms with Crippen molar-refractivity contribution in [1.82, 2.24) is 9.88 Å². The summed E-state index contributed by atoms with van der Waals surface area (Å²) in [5, 5.41) is 11.2. The van der Waals surface area contributed by atoms with Crippen LogP contribution < -0.4 is 15.2 Å². The number of β-amino-alcohol motifs (C(OH)–C–C–N with tert-alkyl or cyclic N) is 1. The first kappa shape index (κ1) is 20.3. The number of aliphatic hydroxyl groups excluding tert-OH is 1. The molecule has 2 aromatic carbocycles. The zero-order chi connectivity index (χ0) is 21.1. The minimum Gasteiger partial charge on any atom is -0.491 e. The average Bonchev–Trinajstić information content (AvgIpc) is 2.73. The number of nitrogens with one attached hydrogen (secondary N) is 1. The summed E-state index contributed by atoms with van der Waals surface area (Å²) in [5.41, 5.74) is 0.970. The van der Waals surface area contributed by atoms with Crippen LogP contribution in [0.15, 0.2) is 53.3 Å². The maximum absolute atomic E-state index is 14.0. The van der Waals surface area contributed by atoms with E-state index >= 15 is 0 Å². The third-order valence-electron chi connectivity index (χ3n) is 5.23. The lowest BCUT2D eigenvalue weighted by atomic mass is 10.2. The molecule has 1 fully saturated rings. The summed E-state index contributed by atoms with van der Waals surface area (Å²) in [4.78, 5) is 18.1. The molecule has 2 heterocycles. The van der Waals surface area contributed by atoms with E-state index in [1.165, 1.54) is 18.2 Å². The maximum atomic E-state index is 14.0. The Bertz CT molecular complexity index is 1080. The molecule has 0 saturated carbocycles. The second-order valence-corrected chi connectivity index (χ2v) is 7.42. The number of fused-ring (bicyclic) bond motifs is 1. The fraction of sp³-hybridized carbons (Fsp3) is 0.318. The number of halogens is 2. The highest BCUT2D eigenvalue weighted by atomic mass is 19.1. The molecular formula is C22H23F2N3O3.